The number of aryl methyl sites for hydroxylation is 1. The number of hydrogen-bond donors (Lipinski definition) is 2. The molecular weight excluding hydrogens is 426 g/mol. The van der Waals surface area contributed by atoms with Gasteiger partial charge in [0.1, 0.15) is 17.3 Å². The molecule has 0 aromatic heterocycles. The fourth-order valence-corrected chi connectivity index (χ4v) is 4.10. The number of fused-ring (bicyclic) bond motifs is 1. The highest BCUT2D eigenvalue weighted by Crippen LogP contribution is 2.48. The molecule has 1 heterocycles. The van der Waals surface area contributed by atoms with Crippen LogP contribution in [0.4, 0.5) is 5.69 Å². The molecule has 1 aromatic carbocycles. The summed E-state index contributed by atoms with van der Waals surface area (Å²) < 4.78 is 16.7. The van der Waals surface area contributed by atoms with Crippen molar-refractivity contribution < 1.29 is 19.0 Å². The van der Waals surface area contributed by atoms with Crippen molar-refractivity contribution in [1.29, 1.82) is 0 Å². The van der Waals surface area contributed by atoms with Crippen LogP contribution < -0.4 is 15.4 Å². The zero-order valence-electron chi connectivity index (χ0n) is 18.7. The average molecular weight is 454 g/mol. The van der Waals surface area contributed by atoms with Crippen LogP contribution in [0, 0.1) is 12.3 Å². The van der Waals surface area contributed by atoms with Gasteiger partial charge in [-0.05, 0) is 68.7 Å². The second kappa shape index (κ2) is 8.78. The maximum atomic E-state index is 12.3. The van der Waals surface area contributed by atoms with Crippen LogP contribution in [-0.2, 0) is 14.3 Å². The number of ether oxygens (including phenoxy) is 3. The van der Waals surface area contributed by atoms with Crippen molar-refractivity contribution in [2.75, 3.05) is 19.5 Å². The van der Waals surface area contributed by atoms with E-state index in [1.54, 1.807) is 12.3 Å². The van der Waals surface area contributed by atoms with E-state index >= 15 is 0 Å². The monoisotopic (exact) mass is 453 g/mol. The lowest BCUT2D eigenvalue weighted by atomic mass is 9.74. The first-order valence-corrected chi connectivity index (χ1v) is 10.9. The predicted molar refractivity (Wildman–Crippen MR) is 128 cm³/mol. The van der Waals surface area contributed by atoms with Gasteiger partial charge in [-0.1, -0.05) is 0 Å². The van der Waals surface area contributed by atoms with E-state index in [1.807, 2.05) is 38.1 Å². The molecule has 1 atom stereocenters. The second-order valence-corrected chi connectivity index (χ2v) is 8.75. The Bertz CT molecular complexity index is 1080. The molecule has 0 radical (unpaired) electrons. The summed E-state index contributed by atoms with van der Waals surface area (Å²) in [7, 11) is 2.89. The summed E-state index contributed by atoms with van der Waals surface area (Å²) in [6.45, 7) is 4.00. The van der Waals surface area contributed by atoms with Crippen LogP contribution in [-0.4, -0.2) is 37.6 Å². The first kappa shape index (κ1) is 22.1. The Morgan fingerprint density at radius 2 is 2.06 bits per heavy atom. The molecule has 3 aliphatic rings. The van der Waals surface area contributed by atoms with Gasteiger partial charge in [-0.25, -0.2) is 4.79 Å². The van der Waals surface area contributed by atoms with Crippen LogP contribution in [0.15, 0.2) is 58.1 Å². The molecule has 168 valence electrons. The molecule has 0 bridgehead atoms. The molecule has 4 rings (SSSR count). The maximum Gasteiger partial charge on any atom is 0.337 e. The van der Waals surface area contributed by atoms with Crippen LogP contribution in [0.3, 0.4) is 0 Å². The quantitative estimate of drug-likeness (QED) is 0.494. The normalized spacial score (nSPS) is 21.8. The van der Waals surface area contributed by atoms with Gasteiger partial charge in [0.15, 0.2) is 5.11 Å². The molecule has 1 aliphatic heterocycles. The third-order valence-electron chi connectivity index (χ3n) is 5.88. The highest BCUT2D eigenvalue weighted by molar-refractivity contribution is 7.80. The number of anilines is 1. The fraction of sp³-hybridized carbons (Fsp3) is 0.375. The highest BCUT2D eigenvalue weighted by atomic mass is 32.1. The number of carbonyl (C=O) groups excluding carboxylic acids is 1. The number of thiocarbonyl (C=S) groups is 1. The number of allylic oxidation sites excluding steroid dienone is 2. The summed E-state index contributed by atoms with van der Waals surface area (Å²) in [4.78, 5) is 16.9. The van der Waals surface area contributed by atoms with E-state index in [9.17, 15) is 4.79 Å². The largest absolute Gasteiger partial charge is 0.496 e. The van der Waals surface area contributed by atoms with Crippen LogP contribution in [0.25, 0.3) is 0 Å². The highest BCUT2D eigenvalue weighted by Gasteiger charge is 2.43. The number of rotatable bonds is 6. The van der Waals surface area contributed by atoms with E-state index in [0.29, 0.717) is 40.4 Å². The fourth-order valence-electron chi connectivity index (χ4n) is 3.83. The summed E-state index contributed by atoms with van der Waals surface area (Å²) >= 11 is 5.38. The van der Waals surface area contributed by atoms with Gasteiger partial charge < -0.3 is 24.8 Å². The molecule has 1 fully saturated rings. The Kier molecular flexibility index (Phi) is 6.06. The first-order chi connectivity index (χ1) is 15.3. The summed E-state index contributed by atoms with van der Waals surface area (Å²) in [5.41, 5.74) is 2.54. The minimum Gasteiger partial charge on any atom is -0.496 e. The van der Waals surface area contributed by atoms with Gasteiger partial charge in [0.05, 0.1) is 30.9 Å². The number of benzene rings is 1. The van der Waals surface area contributed by atoms with Gasteiger partial charge in [0.2, 0.25) is 0 Å². The maximum absolute atomic E-state index is 12.3. The molecular formula is C24H27N3O4S. The summed E-state index contributed by atoms with van der Waals surface area (Å²) in [6, 6.07) is 6.31. The van der Waals surface area contributed by atoms with Crippen molar-refractivity contribution in [2.45, 2.75) is 39.2 Å². The minimum absolute atomic E-state index is 0.359. The summed E-state index contributed by atoms with van der Waals surface area (Å²) in [5.74, 6) is 1.43. The van der Waals surface area contributed by atoms with Crippen LogP contribution in [0.1, 0.15) is 31.7 Å². The SMILES string of the molecule is COC(=O)C1=C(OC)C=C2N=CC=C(Oc3ccc(NC(=S)NC4CC4)c(C)c3)C2(C)C1. The molecule has 1 aromatic rings. The standard InChI is InChI=1S/C24H27N3O4S/c1-14-11-16(7-8-18(14)27-23(32)26-15-5-6-15)31-21-9-10-25-20-12-19(29-3)17(22(28)30-4)13-24(20,21)2/h7-12,15H,5-6,13H2,1-4H3,(H2,26,27,32). The van der Waals surface area contributed by atoms with Crippen LogP contribution >= 0.6 is 12.2 Å². The topological polar surface area (TPSA) is 81.2 Å². The van der Waals surface area contributed by atoms with E-state index in [4.69, 9.17) is 26.4 Å². The molecule has 0 saturated heterocycles. The van der Waals surface area contributed by atoms with Gasteiger partial charge in [0, 0.05) is 30.4 Å². The summed E-state index contributed by atoms with van der Waals surface area (Å²) in [5, 5.41) is 7.16. The lowest BCUT2D eigenvalue weighted by Crippen LogP contribution is -2.32. The van der Waals surface area contributed by atoms with Gasteiger partial charge in [0.25, 0.3) is 0 Å². The van der Waals surface area contributed by atoms with Crippen molar-refractivity contribution in [3.05, 3.63) is 58.7 Å². The minimum atomic E-state index is -0.624. The van der Waals surface area contributed by atoms with E-state index in [1.165, 1.54) is 27.1 Å². The van der Waals surface area contributed by atoms with Gasteiger partial charge in [-0.2, -0.15) is 0 Å². The molecule has 2 aliphatic carbocycles. The lowest BCUT2D eigenvalue weighted by Gasteiger charge is -2.37. The van der Waals surface area contributed by atoms with Crippen molar-refractivity contribution in [3.63, 3.8) is 0 Å². The Balaban J connectivity index is 1.54. The third kappa shape index (κ3) is 4.41. The second-order valence-electron chi connectivity index (χ2n) is 8.34. The van der Waals surface area contributed by atoms with Gasteiger partial charge in [-0.15, -0.1) is 0 Å². The zero-order chi connectivity index (χ0) is 22.9. The molecule has 8 heteroatoms. The van der Waals surface area contributed by atoms with Crippen molar-refractivity contribution in [2.24, 2.45) is 10.4 Å². The predicted octanol–water partition coefficient (Wildman–Crippen LogP) is 4.16. The number of nitrogens with zero attached hydrogens (tertiary/aromatic N) is 1. The Morgan fingerprint density at radius 1 is 1.28 bits per heavy atom. The van der Waals surface area contributed by atoms with Crippen LogP contribution in [0.2, 0.25) is 0 Å². The van der Waals surface area contributed by atoms with Gasteiger partial charge >= 0.3 is 5.97 Å². The number of esters is 1. The van der Waals surface area contributed by atoms with E-state index in [-0.39, 0.29) is 0 Å². The molecule has 2 N–H and O–H groups in total. The average Bonchev–Trinajstić information content (AvgIpc) is 3.58. The summed E-state index contributed by atoms with van der Waals surface area (Å²) in [6.07, 6.45) is 8.00. The number of hydrogen-bond acceptors (Lipinski definition) is 6. The molecule has 1 saturated carbocycles. The Morgan fingerprint density at radius 3 is 2.72 bits per heavy atom. The smallest absolute Gasteiger partial charge is 0.337 e. The number of nitrogens with one attached hydrogen (secondary N) is 2. The molecule has 7 nitrogen and oxygen atoms in total. The zero-order valence-corrected chi connectivity index (χ0v) is 19.5. The first-order valence-electron chi connectivity index (χ1n) is 10.5. The van der Waals surface area contributed by atoms with Crippen molar-refractivity contribution >= 4 is 35.2 Å². The van der Waals surface area contributed by atoms with Crippen molar-refractivity contribution in [3.8, 4) is 5.75 Å². The number of methoxy groups -OCH3 is 2. The number of dihydropyridines is 1. The molecule has 1 unspecified atom stereocenters. The van der Waals surface area contributed by atoms with E-state index < -0.39 is 11.4 Å². The molecule has 32 heavy (non-hydrogen) atoms. The van der Waals surface area contributed by atoms with E-state index in [0.717, 1.165) is 16.9 Å². The number of carbonyl (C=O) groups is 1. The Hall–Kier alpha value is -3.13. The lowest BCUT2D eigenvalue weighted by molar-refractivity contribution is -0.136. The van der Waals surface area contributed by atoms with Gasteiger partial charge in [-0.3, -0.25) is 4.99 Å². The molecule has 0 amide bonds. The van der Waals surface area contributed by atoms with Crippen molar-refractivity contribution in [1.82, 2.24) is 5.32 Å². The Labute approximate surface area is 193 Å². The van der Waals surface area contributed by atoms with E-state index in [2.05, 4.69) is 15.6 Å². The number of aliphatic imine (C=N–C) groups is 1. The van der Waals surface area contributed by atoms with Crippen LogP contribution in [0.5, 0.6) is 5.75 Å². The third-order valence-corrected chi connectivity index (χ3v) is 6.10. The molecule has 0 spiro atoms.